The molecule has 0 bridgehead atoms. The van der Waals surface area contributed by atoms with Crippen molar-refractivity contribution in [2.75, 3.05) is 51.7 Å². The molecule has 9 atom stereocenters. The van der Waals surface area contributed by atoms with Crippen LogP contribution >= 0.6 is 34.8 Å². The molecule has 1 saturated heterocycles. The summed E-state index contributed by atoms with van der Waals surface area (Å²) in [6.07, 6.45) is 2.81. The summed E-state index contributed by atoms with van der Waals surface area (Å²) in [6, 6.07) is 49.7. The van der Waals surface area contributed by atoms with Gasteiger partial charge in [0.05, 0.1) is 79.4 Å². The Bertz CT molecular complexity index is 6470. The number of guanidine groups is 1. The highest BCUT2D eigenvalue weighted by molar-refractivity contribution is 6.31. The number of ketones is 2. The van der Waals surface area contributed by atoms with E-state index >= 15 is 0 Å². The maximum Gasteiger partial charge on any atom is 0.416 e. The summed E-state index contributed by atoms with van der Waals surface area (Å²) in [5, 5.41) is 69.6. The summed E-state index contributed by atoms with van der Waals surface area (Å²) >= 11 is 19.5. The Balaban J connectivity index is 0.000000163. The van der Waals surface area contributed by atoms with Crippen LogP contribution in [-0.4, -0.2) is 167 Å². The van der Waals surface area contributed by atoms with E-state index in [0.717, 1.165) is 47.9 Å². The molecule has 16 rings (SSSR count). The maximum absolute atomic E-state index is 14.7. The molecule has 1 aliphatic heterocycles. The summed E-state index contributed by atoms with van der Waals surface area (Å²) in [7, 11) is 2.90. The van der Waals surface area contributed by atoms with Gasteiger partial charge in [-0.2, -0.15) is 37.3 Å². The smallest absolute Gasteiger partial charge is 0.416 e. The average Bonchev–Trinajstić information content (AvgIpc) is 1.54. The Kier molecular flexibility index (Phi) is 33.5. The minimum absolute atomic E-state index is 0.00557. The number of amides is 1. The molecule has 3 saturated carbocycles. The fourth-order valence-corrected chi connectivity index (χ4v) is 18.6. The summed E-state index contributed by atoms with van der Waals surface area (Å²) in [5.41, 5.74) is 8.36. The first kappa shape index (κ1) is 103. The number of halogens is 9. The van der Waals surface area contributed by atoms with E-state index in [4.69, 9.17) is 89.0 Å². The summed E-state index contributed by atoms with van der Waals surface area (Å²) in [4.78, 5) is 101. The number of aromatic carboxylic acids is 1. The van der Waals surface area contributed by atoms with E-state index in [0.29, 0.717) is 118 Å². The number of alkyl halides is 7. The lowest BCUT2D eigenvalue weighted by molar-refractivity contribution is -0.177. The number of phenols is 1. The van der Waals surface area contributed by atoms with Gasteiger partial charge < -0.3 is 74.1 Å². The quantitative estimate of drug-likeness (QED) is 0.00545. The van der Waals surface area contributed by atoms with Gasteiger partial charge in [-0.3, -0.25) is 33.3 Å². The van der Waals surface area contributed by atoms with Crippen LogP contribution in [0.1, 0.15) is 126 Å². The number of esters is 1. The number of nitrogens with zero attached hydrogens (tertiary/aromatic N) is 6. The predicted octanol–water partition coefficient (Wildman–Crippen LogP) is 18.8. The standard InChI is InChI=1S/C27H30Cl2O6.C22H23FN4O2.C19H16ClNO4.C12H9F3N2O2.C12H10F2N2O3.C7H6O3/c1-15-11-19-18-7-6-16-12-17(30)8-9-24(16,2)26(18,29)21(31)13-25(19,3)27(15,22(32)14-28)35-23(33)20-5-4-10-34-20;1-15(17-7-8-18(19(23)13-17)16-5-3-2-4-6-16)20-14-21(29-26-20)25-22(24)27-9-11-28-12-10-27;1-11-15(10-18(22)23)16-9-14(25-2)7-8-17(16)21(11)19(24)12-3-5-13(20)6-4-12;1-7(18)10(6-16)11(19)17-9-4-2-8(3-5-9)12(13,14)15;1-18-9-4-2-7(6-10(9)19-12(13)14)8-3-5-11(17)16-15-8;8-6-4-2-1-3-5(6)7(9)10/h4-5,8-10,12,15,18-19,21,31H,6-7,11,13-14H2,1-3H3;2-8,13-15H,9-12H2,1H3,(H2,24,25);3-9H,10H2,1-2H3,(H,22,23);2-5,18H,1H3,(H,17,19);2-6,12H,1H3,(H,16,17);1-4,8H,(H,9,10)/b;;;10-7+;;/t15-,18+,19+,21+,24+,25+,26+,27+;15-;;;;/m10..../s1. The van der Waals surface area contributed by atoms with Crippen LogP contribution in [0.5, 0.6) is 23.0 Å². The Morgan fingerprint density at radius 2 is 1.53 bits per heavy atom. The van der Waals surface area contributed by atoms with Crippen LogP contribution in [0.2, 0.25) is 5.02 Å². The molecule has 137 heavy (non-hydrogen) atoms. The number of para-hydroxylation sites is 1. The van der Waals surface area contributed by atoms with Crippen LogP contribution in [0.25, 0.3) is 33.3 Å². The number of morpholine rings is 1. The second-order valence-electron chi connectivity index (χ2n) is 32.7. The average molecular weight is 1950 g/mol. The molecule has 5 heterocycles. The summed E-state index contributed by atoms with van der Waals surface area (Å²) < 4.78 is 114. The van der Waals surface area contributed by atoms with Crippen LogP contribution in [0.4, 0.5) is 37.9 Å². The monoisotopic (exact) mass is 1950 g/mol. The minimum atomic E-state index is -4.46. The van der Waals surface area contributed by atoms with Gasteiger partial charge in [-0.15, -0.1) is 23.2 Å². The lowest BCUT2D eigenvalue weighted by Crippen LogP contribution is -2.69. The third-order valence-electron chi connectivity index (χ3n) is 24.6. The number of anilines is 1. The molecule has 7 aromatic carbocycles. The molecule has 4 fully saturated rings. The van der Waals surface area contributed by atoms with Crippen LogP contribution in [0, 0.1) is 52.7 Å². The van der Waals surface area contributed by atoms with Gasteiger partial charge in [0.15, 0.2) is 40.2 Å². The normalized spacial score (nSPS) is 20.5. The van der Waals surface area contributed by atoms with Crippen molar-refractivity contribution in [3.63, 3.8) is 0 Å². The SMILES string of the molecule is C/C(O)=C(/C#N)C(=O)Nc1ccc(C(F)(F)F)cc1.COc1ccc(-c2ccc(=O)[nH]n2)cc1OC(F)F.COc1ccc2c(c1)c(CC(=O)O)c(C)n2C(=O)c1ccc(Cl)cc1.C[C@@H](c1ccc(-c2ccccc2)c(F)c1)c1cc(N=C(N)N2CCOCC2)on1.C[C@@H]1C[C@H]2[C@@H]3CCC4=CC(=O)C=C[C@]4(C)[C@@]3(Cl)[C@@H](O)C[C@]2(C)[C@@]1(OC(=O)c1ccco1)C(=O)CCl.O=C(O)c1ccccc1O. The number of carbonyl (C=O) groups is 7. The van der Waals surface area contributed by atoms with Crippen LogP contribution in [-0.2, 0) is 41.2 Å². The minimum Gasteiger partial charge on any atom is -0.511 e. The Morgan fingerprint density at radius 3 is 2.12 bits per heavy atom. The Hall–Kier alpha value is -14.3. The number of methoxy groups -OCH3 is 2. The van der Waals surface area contributed by atoms with Gasteiger partial charge in [-0.1, -0.05) is 111 Å². The van der Waals surface area contributed by atoms with E-state index < -0.39 is 80.9 Å². The van der Waals surface area contributed by atoms with E-state index in [1.54, 1.807) is 105 Å². The second kappa shape index (κ2) is 44.5. The van der Waals surface area contributed by atoms with Crippen molar-refractivity contribution >= 4 is 105 Å². The van der Waals surface area contributed by atoms with Crippen molar-refractivity contribution in [2.24, 2.45) is 39.3 Å². The van der Waals surface area contributed by atoms with E-state index in [1.165, 1.54) is 72.5 Å². The molecule has 0 radical (unpaired) electrons. The number of carbonyl (C=O) groups excluding carboxylic acids is 5. The van der Waals surface area contributed by atoms with Crippen LogP contribution in [0.3, 0.4) is 0 Å². The van der Waals surface area contributed by atoms with Gasteiger partial charge in [0.25, 0.3) is 23.3 Å². The number of aromatic hydroxyl groups is 1. The number of carboxylic acids is 2. The molecule has 9 N–H and O–H groups in total. The first-order chi connectivity index (χ1) is 65.0. The number of allylic oxidation sites excluding steroid dienone is 5. The Labute approximate surface area is 795 Å². The maximum atomic E-state index is 14.7. The molecule has 718 valence electrons. The number of aromatic nitrogens is 4. The fraction of sp³-hybridized carbons (Fsp3) is 0.293. The lowest BCUT2D eigenvalue weighted by atomic mass is 9.45. The number of Topliss-reactive ketones (excluding diaryl/α,β-unsaturated/α-hetero) is 1. The highest BCUT2D eigenvalue weighted by Gasteiger charge is 2.76. The van der Waals surface area contributed by atoms with Crippen LogP contribution in [0.15, 0.2) is 248 Å². The summed E-state index contributed by atoms with van der Waals surface area (Å²) in [6.45, 7) is 10.4. The van der Waals surface area contributed by atoms with E-state index in [2.05, 4.69) is 30.4 Å². The number of hydrogen-bond acceptors (Lipinski definition) is 22. The number of hydrogen-bond donors (Lipinski definition) is 8. The highest BCUT2D eigenvalue weighted by atomic mass is 35.5. The number of fused-ring (bicyclic) bond motifs is 6. The number of aliphatic carboxylic acids is 1. The topological polar surface area (TPSA) is 434 Å². The number of nitrogens with two attached hydrogens (primary N) is 1. The zero-order chi connectivity index (χ0) is 99.8. The van der Waals surface area contributed by atoms with Gasteiger partial charge in [-0.25, -0.2) is 19.1 Å². The predicted molar refractivity (Wildman–Crippen MR) is 495 cm³/mol. The van der Waals surface area contributed by atoms with Crippen molar-refractivity contribution < 1.29 is 118 Å². The molecule has 1 amide bonds. The van der Waals surface area contributed by atoms with Crippen molar-refractivity contribution in [1.29, 1.82) is 5.26 Å². The van der Waals surface area contributed by atoms with Gasteiger partial charge in [0.1, 0.15) is 34.7 Å². The van der Waals surface area contributed by atoms with E-state index in [1.807, 2.05) is 75.1 Å². The molecule has 0 spiro atoms. The molecule has 11 aromatic rings. The number of benzene rings is 7. The number of ether oxygens (including phenoxy) is 5. The molecular formula is C99H94Cl3F6N9O20. The summed E-state index contributed by atoms with van der Waals surface area (Å²) in [5.74, 6) is -4.98. The highest BCUT2D eigenvalue weighted by Crippen LogP contribution is 2.72. The number of nitriles is 1. The number of furan rings is 1. The largest absolute Gasteiger partial charge is 0.511 e. The molecule has 0 unspecified atom stereocenters. The van der Waals surface area contributed by atoms with Gasteiger partial charge >= 0.3 is 30.7 Å². The number of aliphatic hydroxyl groups is 2. The van der Waals surface area contributed by atoms with E-state index in [9.17, 15) is 74.9 Å². The Morgan fingerprint density at radius 1 is 0.832 bits per heavy atom. The van der Waals surface area contributed by atoms with Gasteiger partial charge in [0.2, 0.25) is 5.76 Å². The zero-order valence-electron chi connectivity index (χ0n) is 74.8. The molecular weight excluding hydrogens is 1860 g/mol. The first-order valence-corrected chi connectivity index (χ1v) is 43.7. The van der Waals surface area contributed by atoms with Crippen LogP contribution < -0.4 is 30.8 Å². The number of aliphatic imine (C=N–C) groups is 1. The second-order valence-corrected chi connectivity index (χ2v) is 34.0. The molecule has 5 aliphatic rings. The first-order valence-electron chi connectivity index (χ1n) is 42.4. The molecule has 29 nitrogen and oxygen atoms in total. The number of H-pyrrole nitrogens is 1. The number of nitrogens with one attached hydrogen (secondary N) is 2. The third-order valence-corrected chi connectivity index (χ3v) is 26.0. The van der Waals surface area contributed by atoms with Gasteiger partial charge in [-0.05, 0) is 202 Å². The van der Waals surface area contributed by atoms with Gasteiger partial charge in [0, 0.05) is 86.4 Å². The lowest BCUT2D eigenvalue weighted by Gasteiger charge is -2.64. The number of rotatable bonds is 19. The molecule has 4 aliphatic carbocycles. The molecule has 38 heteroatoms. The van der Waals surface area contributed by atoms with Crippen molar-refractivity contribution in [3.8, 4) is 51.5 Å². The number of carboxylic acid groups (broad SMARTS) is 2. The molecule has 4 aromatic heterocycles. The third kappa shape index (κ3) is 23.1. The fourth-order valence-electron chi connectivity index (χ4n) is 17.8. The van der Waals surface area contributed by atoms with Crippen molar-refractivity contribution in [3.05, 3.63) is 296 Å². The number of aliphatic hydroxyl groups excluding tert-OH is 2. The zero-order valence-corrected chi connectivity index (χ0v) is 77.0. The van der Waals surface area contributed by atoms with Crippen molar-refractivity contribution in [1.82, 2.24) is 24.8 Å². The van der Waals surface area contributed by atoms with E-state index in [-0.39, 0.29) is 106 Å². The van der Waals surface area contributed by atoms with Crippen molar-refractivity contribution in [2.45, 2.75) is 109 Å². The number of aromatic amines is 1.